The maximum Gasteiger partial charge on any atom is 0.132 e. The molecule has 0 radical (unpaired) electrons. The SMILES string of the molecule is Cc1c(C)n(Cc2ccc(F)cc2)c2c(COc3ccc(F)cc3)nccc12. The van der Waals surface area contributed by atoms with Gasteiger partial charge in [0.25, 0.3) is 0 Å². The van der Waals surface area contributed by atoms with Gasteiger partial charge in [-0.25, -0.2) is 8.78 Å². The summed E-state index contributed by atoms with van der Waals surface area (Å²) in [5, 5.41) is 1.12. The van der Waals surface area contributed by atoms with Gasteiger partial charge in [0.05, 0.1) is 5.52 Å². The van der Waals surface area contributed by atoms with Gasteiger partial charge in [-0.15, -0.1) is 0 Å². The number of pyridine rings is 1. The van der Waals surface area contributed by atoms with Gasteiger partial charge in [-0.05, 0) is 67.4 Å². The number of nitrogens with zero attached hydrogens (tertiary/aromatic N) is 2. The maximum atomic E-state index is 13.3. The second-order valence-electron chi connectivity index (χ2n) is 6.82. The Bertz CT molecular complexity index is 1120. The van der Waals surface area contributed by atoms with Gasteiger partial charge < -0.3 is 9.30 Å². The summed E-state index contributed by atoms with van der Waals surface area (Å²) in [5.41, 5.74) is 5.14. The molecule has 0 fully saturated rings. The van der Waals surface area contributed by atoms with E-state index in [2.05, 4.69) is 23.4 Å². The van der Waals surface area contributed by atoms with E-state index in [0.717, 1.165) is 27.9 Å². The topological polar surface area (TPSA) is 27.1 Å². The average Bonchev–Trinajstić information content (AvgIpc) is 2.95. The molecule has 0 saturated heterocycles. The Balaban J connectivity index is 1.71. The summed E-state index contributed by atoms with van der Waals surface area (Å²) in [6.45, 7) is 5.05. The minimum absolute atomic E-state index is 0.246. The molecule has 2 aromatic carbocycles. The van der Waals surface area contributed by atoms with E-state index in [4.69, 9.17) is 4.74 Å². The van der Waals surface area contributed by atoms with Crippen LogP contribution in [-0.2, 0) is 13.2 Å². The van der Waals surface area contributed by atoms with Crippen molar-refractivity contribution in [3.05, 3.63) is 94.9 Å². The van der Waals surface area contributed by atoms with Crippen molar-refractivity contribution in [3.63, 3.8) is 0 Å². The van der Waals surface area contributed by atoms with Crippen LogP contribution in [0.3, 0.4) is 0 Å². The molecule has 0 aliphatic heterocycles. The first-order chi connectivity index (χ1) is 13.5. The predicted octanol–water partition coefficient (Wildman–Crippen LogP) is 5.56. The number of rotatable bonds is 5. The summed E-state index contributed by atoms with van der Waals surface area (Å²) in [6.07, 6.45) is 1.78. The van der Waals surface area contributed by atoms with Gasteiger partial charge in [-0.1, -0.05) is 12.1 Å². The van der Waals surface area contributed by atoms with E-state index >= 15 is 0 Å². The van der Waals surface area contributed by atoms with Gasteiger partial charge in [0.15, 0.2) is 0 Å². The molecule has 0 unspecified atom stereocenters. The highest BCUT2D eigenvalue weighted by Gasteiger charge is 2.16. The van der Waals surface area contributed by atoms with Crippen molar-refractivity contribution in [2.45, 2.75) is 27.0 Å². The van der Waals surface area contributed by atoms with E-state index in [1.54, 1.807) is 30.5 Å². The predicted molar refractivity (Wildman–Crippen MR) is 105 cm³/mol. The van der Waals surface area contributed by atoms with Crippen molar-refractivity contribution in [1.82, 2.24) is 9.55 Å². The minimum Gasteiger partial charge on any atom is -0.487 e. The summed E-state index contributed by atoms with van der Waals surface area (Å²) in [6, 6.07) is 14.5. The fourth-order valence-corrected chi connectivity index (χ4v) is 3.42. The van der Waals surface area contributed by atoms with Crippen LogP contribution in [0.25, 0.3) is 10.9 Å². The van der Waals surface area contributed by atoms with Crippen molar-refractivity contribution >= 4 is 10.9 Å². The zero-order valence-electron chi connectivity index (χ0n) is 15.7. The van der Waals surface area contributed by atoms with Crippen LogP contribution in [-0.4, -0.2) is 9.55 Å². The van der Waals surface area contributed by atoms with E-state index in [9.17, 15) is 8.78 Å². The molecule has 2 heterocycles. The van der Waals surface area contributed by atoms with E-state index in [0.29, 0.717) is 12.3 Å². The van der Waals surface area contributed by atoms with Crippen LogP contribution in [0.15, 0.2) is 60.8 Å². The van der Waals surface area contributed by atoms with Gasteiger partial charge in [-0.3, -0.25) is 4.98 Å². The molecule has 0 atom stereocenters. The Hall–Kier alpha value is -3.21. The molecule has 3 nitrogen and oxygen atoms in total. The number of halogens is 2. The second-order valence-corrected chi connectivity index (χ2v) is 6.82. The molecule has 4 rings (SSSR count). The Morgan fingerprint density at radius 3 is 2.21 bits per heavy atom. The first-order valence-electron chi connectivity index (χ1n) is 9.09. The third-order valence-electron chi connectivity index (χ3n) is 5.06. The largest absolute Gasteiger partial charge is 0.487 e. The monoisotopic (exact) mass is 378 g/mol. The molecule has 0 bridgehead atoms. The summed E-state index contributed by atoms with van der Waals surface area (Å²) in [4.78, 5) is 4.53. The number of aryl methyl sites for hydroxylation is 1. The highest BCUT2D eigenvalue weighted by atomic mass is 19.1. The Morgan fingerprint density at radius 2 is 1.54 bits per heavy atom. The molecule has 142 valence electrons. The van der Waals surface area contributed by atoms with Crippen LogP contribution in [0.5, 0.6) is 5.75 Å². The van der Waals surface area contributed by atoms with Gasteiger partial charge in [-0.2, -0.15) is 0 Å². The van der Waals surface area contributed by atoms with Gasteiger partial charge in [0.2, 0.25) is 0 Å². The van der Waals surface area contributed by atoms with Crippen LogP contribution in [0, 0.1) is 25.5 Å². The Labute approximate surface area is 162 Å². The fourth-order valence-electron chi connectivity index (χ4n) is 3.42. The normalized spacial score (nSPS) is 11.1. The maximum absolute atomic E-state index is 13.3. The zero-order valence-corrected chi connectivity index (χ0v) is 15.7. The average molecular weight is 378 g/mol. The summed E-state index contributed by atoms with van der Waals surface area (Å²) in [5.74, 6) is 0.0429. The quantitative estimate of drug-likeness (QED) is 0.455. The third-order valence-corrected chi connectivity index (χ3v) is 5.06. The van der Waals surface area contributed by atoms with Crippen LogP contribution in [0.2, 0.25) is 0 Å². The van der Waals surface area contributed by atoms with Crippen LogP contribution in [0.4, 0.5) is 8.78 Å². The standard InChI is InChI=1S/C23H20F2N2O/c1-15-16(2)27(13-17-3-5-18(24)6-4-17)23-21(15)11-12-26-22(23)14-28-20-9-7-19(25)8-10-20/h3-12H,13-14H2,1-2H3. The van der Waals surface area contributed by atoms with E-state index in [1.165, 1.54) is 29.8 Å². The Morgan fingerprint density at radius 1 is 0.893 bits per heavy atom. The molecule has 0 aliphatic rings. The van der Waals surface area contributed by atoms with Crippen molar-refractivity contribution in [3.8, 4) is 5.75 Å². The summed E-state index contributed by atoms with van der Waals surface area (Å²) < 4.78 is 34.4. The summed E-state index contributed by atoms with van der Waals surface area (Å²) >= 11 is 0. The number of fused-ring (bicyclic) bond motifs is 1. The molecule has 0 N–H and O–H groups in total. The van der Waals surface area contributed by atoms with E-state index in [-0.39, 0.29) is 18.2 Å². The number of benzene rings is 2. The Kier molecular flexibility index (Phi) is 4.82. The lowest BCUT2D eigenvalue weighted by atomic mass is 10.2. The number of aromatic nitrogens is 2. The molecule has 5 heteroatoms. The fraction of sp³-hybridized carbons (Fsp3) is 0.174. The van der Waals surface area contributed by atoms with Crippen molar-refractivity contribution in [2.24, 2.45) is 0 Å². The summed E-state index contributed by atoms with van der Waals surface area (Å²) in [7, 11) is 0. The van der Waals surface area contributed by atoms with Crippen LogP contribution >= 0.6 is 0 Å². The molecule has 4 aromatic rings. The molecule has 0 saturated carbocycles. The first kappa shape index (κ1) is 18.2. The molecule has 0 aliphatic carbocycles. The van der Waals surface area contributed by atoms with E-state index in [1.807, 2.05) is 6.07 Å². The molecular formula is C23H20F2N2O. The van der Waals surface area contributed by atoms with Crippen LogP contribution < -0.4 is 4.74 Å². The van der Waals surface area contributed by atoms with Crippen molar-refractivity contribution in [2.75, 3.05) is 0 Å². The van der Waals surface area contributed by atoms with Gasteiger partial charge in [0.1, 0.15) is 29.7 Å². The lowest BCUT2D eigenvalue weighted by molar-refractivity contribution is 0.302. The second kappa shape index (κ2) is 7.43. The molecule has 28 heavy (non-hydrogen) atoms. The molecule has 0 spiro atoms. The number of hydrogen-bond acceptors (Lipinski definition) is 2. The third kappa shape index (κ3) is 3.48. The van der Waals surface area contributed by atoms with Crippen molar-refractivity contribution in [1.29, 1.82) is 0 Å². The molecular weight excluding hydrogens is 358 g/mol. The lowest BCUT2D eigenvalue weighted by Crippen LogP contribution is -2.06. The highest BCUT2D eigenvalue weighted by molar-refractivity contribution is 5.87. The minimum atomic E-state index is -0.299. The van der Waals surface area contributed by atoms with Crippen LogP contribution in [0.1, 0.15) is 22.5 Å². The van der Waals surface area contributed by atoms with Gasteiger partial charge >= 0.3 is 0 Å². The smallest absolute Gasteiger partial charge is 0.132 e. The van der Waals surface area contributed by atoms with E-state index < -0.39 is 0 Å². The van der Waals surface area contributed by atoms with Gasteiger partial charge in [0, 0.05) is 23.8 Å². The van der Waals surface area contributed by atoms with Crippen molar-refractivity contribution < 1.29 is 13.5 Å². The number of ether oxygens (including phenoxy) is 1. The molecule has 0 amide bonds. The molecule has 2 aromatic heterocycles. The highest BCUT2D eigenvalue weighted by Crippen LogP contribution is 2.28. The zero-order chi connectivity index (χ0) is 19.7. The lowest BCUT2D eigenvalue weighted by Gasteiger charge is -2.12. The number of hydrogen-bond donors (Lipinski definition) is 0. The first-order valence-corrected chi connectivity index (χ1v) is 9.09.